The van der Waals surface area contributed by atoms with Gasteiger partial charge in [-0.2, -0.15) is 0 Å². The van der Waals surface area contributed by atoms with E-state index in [-0.39, 0.29) is 12.1 Å². The van der Waals surface area contributed by atoms with E-state index in [0.717, 1.165) is 25.7 Å². The summed E-state index contributed by atoms with van der Waals surface area (Å²) >= 11 is 0. The summed E-state index contributed by atoms with van der Waals surface area (Å²) in [7, 11) is 0. The maximum absolute atomic E-state index is 9.00. The van der Waals surface area contributed by atoms with E-state index in [0.29, 0.717) is 0 Å². The van der Waals surface area contributed by atoms with Crippen molar-refractivity contribution < 1.29 is 5.11 Å². The van der Waals surface area contributed by atoms with Gasteiger partial charge in [-0.3, -0.25) is 0 Å². The highest BCUT2D eigenvalue weighted by Gasteiger charge is 2.15. The molecule has 1 aliphatic carbocycles. The minimum absolute atomic E-state index is 0.112. The van der Waals surface area contributed by atoms with Gasteiger partial charge in [0.2, 0.25) is 0 Å². The van der Waals surface area contributed by atoms with Crippen molar-refractivity contribution in [2.45, 2.75) is 37.8 Å². The van der Waals surface area contributed by atoms with Crippen molar-refractivity contribution in [3.8, 4) is 0 Å². The molecule has 8 heavy (non-hydrogen) atoms. The largest absolute Gasteiger partial charge is 0.393 e. The lowest BCUT2D eigenvalue weighted by molar-refractivity contribution is 0.120. The fraction of sp³-hybridized carbons (Fsp3) is 1.00. The van der Waals surface area contributed by atoms with Gasteiger partial charge in [-0.15, -0.1) is 0 Å². The fourth-order valence-electron chi connectivity index (χ4n) is 1.20. The lowest BCUT2D eigenvalue weighted by Crippen LogP contribution is -2.30. The Morgan fingerprint density at radius 3 is 2.50 bits per heavy atom. The van der Waals surface area contributed by atoms with E-state index < -0.39 is 0 Å². The van der Waals surface area contributed by atoms with Crippen LogP contribution in [-0.4, -0.2) is 17.3 Å². The average molecular weight is 115 g/mol. The van der Waals surface area contributed by atoms with Crippen molar-refractivity contribution in [1.82, 2.24) is 0 Å². The third-order valence-corrected chi connectivity index (χ3v) is 1.69. The van der Waals surface area contributed by atoms with E-state index in [2.05, 4.69) is 0 Å². The molecule has 48 valence electrons. The Kier molecular flexibility index (Phi) is 1.86. The van der Waals surface area contributed by atoms with Crippen LogP contribution in [0.25, 0.3) is 0 Å². The van der Waals surface area contributed by atoms with Crippen LogP contribution in [0.4, 0.5) is 0 Å². The molecule has 0 spiro atoms. The third kappa shape index (κ3) is 1.46. The summed E-state index contributed by atoms with van der Waals surface area (Å²) in [5, 5.41) is 9.00. The second-order valence-corrected chi connectivity index (χ2v) is 2.58. The van der Waals surface area contributed by atoms with Crippen molar-refractivity contribution in [3.63, 3.8) is 0 Å². The highest BCUT2D eigenvalue weighted by Crippen LogP contribution is 2.15. The Morgan fingerprint density at radius 1 is 1.38 bits per heavy atom. The standard InChI is InChI=1S/C6H13NO/c7-5-2-1-3-6(8)4-5/h5-6,8H,1-4,7H2/t5-,6-/m0/s1. The first-order valence-electron chi connectivity index (χ1n) is 3.22. The predicted octanol–water partition coefficient (Wildman–Crippen LogP) is 0.249. The lowest BCUT2D eigenvalue weighted by Gasteiger charge is -2.21. The Morgan fingerprint density at radius 2 is 2.12 bits per heavy atom. The summed E-state index contributed by atoms with van der Waals surface area (Å²) < 4.78 is 0. The molecule has 2 atom stereocenters. The van der Waals surface area contributed by atoms with Gasteiger partial charge in [0.15, 0.2) is 0 Å². The number of hydrogen-bond acceptors (Lipinski definition) is 2. The molecule has 2 heteroatoms. The Balaban J connectivity index is 2.23. The molecule has 0 radical (unpaired) electrons. The predicted molar refractivity (Wildman–Crippen MR) is 32.5 cm³/mol. The summed E-state index contributed by atoms with van der Waals surface area (Å²) in [4.78, 5) is 0. The molecule has 1 fully saturated rings. The monoisotopic (exact) mass is 115 g/mol. The summed E-state index contributed by atoms with van der Waals surface area (Å²) in [6.07, 6.45) is 3.84. The molecule has 0 saturated heterocycles. The van der Waals surface area contributed by atoms with Gasteiger partial charge in [-0.1, -0.05) is 0 Å². The van der Waals surface area contributed by atoms with E-state index in [4.69, 9.17) is 10.8 Å². The summed E-state index contributed by atoms with van der Waals surface area (Å²) in [5.74, 6) is 0. The van der Waals surface area contributed by atoms with Gasteiger partial charge in [0.25, 0.3) is 0 Å². The van der Waals surface area contributed by atoms with E-state index in [1.165, 1.54) is 0 Å². The molecule has 0 unspecified atom stereocenters. The van der Waals surface area contributed by atoms with E-state index in [1.807, 2.05) is 0 Å². The van der Waals surface area contributed by atoms with Crippen molar-refractivity contribution >= 4 is 0 Å². The summed E-state index contributed by atoms with van der Waals surface area (Å²) in [6.45, 7) is 0. The number of aliphatic hydroxyl groups is 1. The Labute approximate surface area is 49.7 Å². The average Bonchev–Trinajstić information content (AvgIpc) is 1.64. The van der Waals surface area contributed by atoms with Crippen LogP contribution in [0.1, 0.15) is 25.7 Å². The maximum atomic E-state index is 9.00. The molecule has 0 aromatic rings. The van der Waals surface area contributed by atoms with Crippen LogP contribution in [0.15, 0.2) is 0 Å². The number of aliphatic hydroxyl groups excluding tert-OH is 1. The minimum atomic E-state index is -0.112. The van der Waals surface area contributed by atoms with Crippen LogP contribution in [0, 0.1) is 0 Å². The van der Waals surface area contributed by atoms with Crippen LogP contribution in [0.5, 0.6) is 0 Å². The second-order valence-electron chi connectivity index (χ2n) is 2.58. The first-order chi connectivity index (χ1) is 3.79. The van der Waals surface area contributed by atoms with Crippen LogP contribution in [-0.2, 0) is 0 Å². The smallest absolute Gasteiger partial charge is 0.0555 e. The zero-order chi connectivity index (χ0) is 5.98. The van der Waals surface area contributed by atoms with Gasteiger partial charge < -0.3 is 10.8 Å². The summed E-state index contributed by atoms with van der Waals surface area (Å²) in [6, 6.07) is 0.263. The number of hydrogen-bond donors (Lipinski definition) is 2. The first kappa shape index (κ1) is 6.05. The van der Waals surface area contributed by atoms with E-state index in [1.54, 1.807) is 0 Å². The quantitative estimate of drug-likeness (QED) is 0.475. The normalized spacial score (nSPS) is 39.8. The van der Waals surface area contributed by atoms with Crippen molar-refractivity contribution in [2.24, 2.45) is 5.73 Å². The molecule has 0 heterocycles. The van der Waals surface area contributed by atoms with E-state index >= 15 is 0 Å². The molecule has 0 aromatic heterocycles. The van der Waals surface area contributed by atoms with Gasteiger partial charge in [0.1, 0.15) is 0 Å². The maximum Gasteiger partial charge on any atom is 0.0555 e. The van der Waals surface area contributed by atoms with Gasteiger partial charge in [0.05, 0.1) is 6.10 Å². The van der Waals surface area contributed by atoms with Crippen LogP contribution < -0.4 is 5.73 Å². The molecule has 0 amide bonds. The van der Waals surface area contributed by atoms with Crippen LogP contribution in [0.2, 0.25) is 0 Å². The molecule has 2 nitrogen and oxygen atoms in total. The zero-order valence-corrected chi connectivity index (χ0v) is 5.01. The number of rotatable bonds is 0. The minimum Gasteiger partial charge on any atom is -0.393 e. The zero-order valence-electron chi connectivity index (χ0n) is 5.01. The van der Waals surface area contributed by atoms with Crippen molar-refractivity contribution in [1.29, 1.82) is 0 Å². The van der Waals surface area contributed by atoms with E-state index in [9.17, 15) is 0 Å². The SMILES string of the molecule is N[C@H]1CCC[C@H](O)C1. The highest BCUT2D eigenvalue weighted by atomic mass is 16.3. The molecule has 3 N–H and O–H groups in total. The van der Waals surface area contributed by atoms with Gasteiger partial charge in [0, 0.05) is 6.04 Å². The van der Waals surface area contributed by atoms with Gasteiger partial charge in [-0.05, 0) is 25.7 Å². The molecular formula is C6H13NO. The Hall–Kier alpha value is -0.0800. The molecule has 0 aromatic carbocycles. The van der Waals surface area contributed by atoms with Crippen LogP contribution >= 0.6 is 0 Å². The molecule has 1 aliphatic rings. The van der Waals surface area contributed by atoms with Gasteiger partial charge in [-0.25, -0.2) is 0 Å². The van der Waals surface area contributed by atoms with Crippen LogP contribution in [0.3, 0.4) is 0 Å². The van der Waals surface area contributed by atoms with Crippen molar-refractivity contribution in [2.75, 3.05) is 0 Å². The third-order valence-electron chi connectivity index (χ3n) is 1.69. The summed E-state index contributed by atoms with van der Waals surface area (Å²) in [5.41, 5.74) is 5.57. The number of nitrogens with two attached hydrogens (primary N) is 1. The van der Waals surface area contributed by atoms with Crippen molar-refractivity contribution in [3.05, 3.63) is 0 Å². The Bertz CT molecular complexity index is 66.9. The topological polar surface area (TPSA) is 46.2 Å². The molecular weight excluding hydrogens is 102 g/mol. The lowest BCUT2D eigenvalue weighted by atomic mass is 9.94. The fourth-order valence-corrected chi connectivity index (χ4v) is 1.20. The first-order valence-corrected chi connectivity index (χ1v) is 3.22. The van der Waals surface area contributed by atoms with Gasteiger partial charge >= 0.3 is 0 Å². The molecule has 1 saturated carbocycles. The molecule has 1 rings (SSSR count). The molecule has 0 bridgehead atoms. The molecule has 0 aliphatic heterocycles. The second kappa shape index (κ2) is 2.46. The highest BCUT2D eigenvalue weighted by molar-refractivity contribution is 4.73.